The normalized spacial score (nSPS) is 11.2. The number of sulfone groups is 1. The molecule has 0 aliphatic carbocycles. The summed E-state index contributed by atoms with van der Waals surface area (Å²) in [6.45, 7) is 0. The molecule has 0 aliphatic rings. The molecule has 0 radical (unpaired) electrons. The minimum absolute atomic E-state index is 0.0431. The van der Waals surface area contributed by atoms with Gasteiger partial charge in [0.25, 0.3) is 0 Å². The number of carbonyl (C=O) groups excluding carboxylic acids is 2. The van der Waals surface area contributed by atoms with Gasteiger partial charge in [0.15, 0.2) is 11.6 Å². The molecule has 33 heavy (non-hydrogen) atoms. The van der Waals surface area contributed by atoms with Gasteiger partial charge in [-0.2, -0.15) is 0 Å². The molecule has 0 atom stereocenters. The number of anilines is 2. The van der Waals surface area contributed by atoms with Crippen molar-refractivity contribution in [2.75, 3.05) is 11.5 Å². The van der Waals surface area contributed by atoms with Gasteiger partial charge in [-0.3, -0.25) is 9.59 Å². The van der Waals surface area contributed by atoms with E-state index in [1.165, 1.54) is 48.5 Å². The van der Waals surface area contributed by atoms with E-state index in [0.717, 1.165) is 0 Å². The van der Waals surface area contributed by atoms with Gasteiger partial charge in [-0.25, -0.2) is 8.42 Å². The summed E-state index contributed by atoms with van der Waals surface area (Å²) >= 11 is 0. The van der Waals surface area contributed by atoms with E-state index < -0.39 is 9.84 Å². The summed E-state index contributed by atoms with van der Waals surface area (Å²) < 4.78 is 26.0. The highest BCUT2D eigenvalue weighted by atomic mass is 32.2. The molecule has 0 unspecified atom stereocenters. The molecule has 7 heteroatoms. The highest BCUT2D eigenvalue weighted by Gasteiger charge is 2.19. The maximum absolute atomic E-state index is 13.0. The van der Waals surface area contributed by atoms with E-state index in [1.807, 2.05) is 0 Å². The van der Waals surface area contributed by atoms with Crippen LogP contribution in [0, 0.1) is 0 Å². The van der Waals surface area contributed by atoms with Crippen molar-refractivity contribution in [3.63, 3.8) is 0 Å². The molecule has 164 valence electrons. The number of hydrogen-bond acceptors (Lipinski definition) is 6. The molecule has 4 rings (SSSR count). The smallest absolute Gasteiger partial charge is 0.206 e. The molecule has 4 aromatic carbocycles. The molecule has 0 aromatic heterocycles. The predicted molar refractivity (Wildman–Crippen MR) is 127 cm³/mol. The van der Waals surface area contributed by atoms with Gasteiger partial charge in [-0.05, 0) is 72.8 Å². The molecular weight excluding hydrogens is 436 g/mol. The van der Waals surface area contributed by atoms with Crippen molar-refractivity contribution in [1.29, 1.82) is 0 Å². The van der Waals surface area contributed by atoms with Crippen LogP contribution in [0.25, 0.3) is 0 Å². The Kier molecular flexibility index (Phi) is 5.81. The van der Waals surface area contributed by atoms with Crippen LogP contribution < -0.4 is 11.5 Å². The highest BCUT2D eigenvalue weighted by Crippen LogP contribution is 2.23. The lowest BCUT2D eigenvalue weighted by Crippen LogP contribution is -2.06. The van der Waals surface area contributed by atoms with E-state index in [1.54, 1.807) is 48.5 Å². The van der Waals surface area contributed by atoms with Crippen LogP contribution >= 0.6 is 0 Å². The van der Waals surface area contributed by atoms with Gasteiger partial charge >= 0.3 is 0 Å². The third kappa shape index (κ3) is 4.53. The number of nitrogen functional groups attached to an aromatic ring is 2. The quantitative estimate of drug-likeness (QED) is 0.332. The summed E-state index contributed by atoms with van der Waals surface area (Å²) in [6.07, 6.45) is 0. The van der Waals surface area contributed by atoms with E-state index in [0.29, 0.717) is 33.6 Å². The van der Waals surface area contributed by atoms with Crippen LogP contribution in [0.3, 0.4) is 0 Å². The number of rotatable bonds is 6. The molecule has 0 amide bonds. The third-order valence-electron chi connectivity index (χ3n) is 5.15. The van der Waals surface area contributed by atoms with Crippen molar-refractivity contribution in [2.24, 2.45) is 0 Å². The molecule has 0 heterocycles. The molecule has 0 aliphatic heterocycles. The summed E-state index contributed by atoms with van der Waals surface area (Å²) in [6, 6.07) is 24.6. The second-order valence-electron chi connectivity index (χ2n) is 7.46. The van der Waals surface area contributed by atoms with Crippen molar-refractivity contribution in [1.82, 2.24) is 0 Å². The monoisotopic (exact) mass is 456 g/mol. The minimum Gasteiger partial charge on any atom is -0.399 e. The van der Waals surface area contributed by atoms with Crippen molar-refractivity contribution in [3.8, 4) is 0 Å². The van der Waals surface area contributed by atoms with Crippen molar-refractivity contribution >= 4 is 32.8 Å². The molecule has 0 saturated carbocycles. The molecule has 0 saturated heterocycles. The van der Waals surface area contributed by atoms with Crippen molar-refractivity contribution < 1.29 is 18.0 Å². The van der Waals surface area contributed by atoms with Crippen LogP contribution in [0.2, 0.25) is 0 Å². The average molecular weight is 457 g/mol. The summed E-state index contributed by atoms with van der Waals surface area (Å²) in [5.74, 6) is -0.508. The first-order valence-corrected chi connectivity index (χ1v) is 11.5. The van der Waals surface area contributed by atoms with Crippen LogP contribution in [-0.4, -0.2) is 20.0 Å². The van der Waals surface area contributed by atoms with Gasteiger partial charge in [0.2, 0.25) is 9.84 Å². The maximum Gasteiger partial charge on any atom is 0.206 e. The maximum atomic E-state index is 13.0. The van der Waals surface area contributed by atoms with Gasteiger partial charge < -0.3 is 11.5 Å². The second-order valence-corrected chi connectivity index (χ2v) is 9.41. The van der Waals surface area contributed by atoms with Gasteiger partial charge in [-0.15, -0.1) is 0 Å². The lowest BCUT2D eigenvalue weighted by atomic mass is 10.0. The lowest BCUT2D eigenvalue weighted by molar-refractivity contribution is 0.103. The Morgan fingerprint density at radius 1 is 0.515 bits per heavy atom. The van der Waals surface area contributed by atoms with Gasteiger partial charge in [0.1, 0.15) is 0 Å². The van der Waals surface area contributed by atoms with E-state index >= 15 is 0 Å². The Bertz CT molecular complexity index is 1350. The zero-order valence-electron chi connectivity index (χ0n) is 17.4. The molecule has 4 aromatic rings. The van der Waals surface area contributed by atoms with Crippen LogP contribution in [-0.2, 0) is 9.84 Å². The summed E-state index contributed by atoms with van der Waals surface area (Å²) in [5.41, 5.74) is 13.9. The molecular formula is C26H20N2O4S. The first-order valence-electron chi connectivity index (χ1n) is 10.0. The number of ketones is 2. The van der Waals surface area contributed by atoms with Crippen LogP contribution in [0.15, 0.2) is 107 Å². The molecule has 0 fully saturated rings. The fourth-order valence-electron chi connectivity index (χ4n) is 3.40. The van der Waals surface area contributed by atoms with E-state index in [9.17, 15) is 18.0 Å². The van der Waals surface area contributed by atoms with E-state index in [4.69, 9.17) is 11.5 Å². The molecule has 6 nitrogen and oxygen atoms in total. The Morgan fingerprint density at radius 2 is 0.879 bits per heavy atom. The zero-order valence-corrected chi connectivity index (χ0v) is 18.3. The average Bonchev–Trinajstić information content (AvgIpc) is 2.83. The lowest BCUT2D eigenvalue weighted by Gasteiger charge is -2.08. The Labute approximate surface area is 191 Å². The predicted octanol–water partition coefficient (Wildman–Crippen LogP) is 4.15. The standard InChI is InChI=1S/C26H20N2O4S/c27-21-5-1-3-19(15-21)25(29)17-7-11-23(12-8-17)33(31,32)24-13-9-18(10-14-24)26(30)20-4-2-6-22(28)16-20/h1-16H,27-28H2. The van der Waals surface area contributed by atoms with Crippen LogP contribution in [0.1, 0.15) is 31.8 Å². The van der Waals surface area contributed by atoms with Crippen LogP contribution in [0.4, 0.5) is 11.4 Å². The third-order valence-corrected chi connectivity index (χ3v) is 6.94. The molecule has 0 spiro atoms. The number of benzene rings is 4. The first kappa shape index (κ1) is 22.0. The van der Waals surface area contributed by atoms with Crippen molar-refractivity contribution in [2.45, 2.75) is 9.79 Å². The molecule has 4 N–H and O–H groups in total. The Morgan fingerprint density at radius 3 is 1.21 bits per heavy atom. The van der Waals surface area contributed by atoms with Gasteiger partial charge in [-0.1, -0.05) is 24.3 Å². The minimum atomic E-state index is -3.83. The fourth-order valence-corrected chi connectivity index (χ4v) is 4.66. The fraction of sp³-hybridized carbons (Fsp3) is 0. The molecule has 0 bridgehead atoms. The van der Waals surface area contributed by atoms with Gasteiger partial charge in [0.05, 0.1) is 9.79 Å². The number of carbonyl (C=O) groups is 2. The summed E-state index contributed by atoms with van der Waals surface area (Å²) in [7, 11) is -3.83. The summed E-state index contributed by atoms with van der Waals surface area (Å²) in [5, 5.41) is 0. The Balaban J connectivity index is 1.57. The summed E-state index contributed by atoms with van der Waals surface area (Å²) in [4.78, 5) is 25.3. The van der Waals surface area contributed by atoms with Crippen molar-refractivity contribution in [3.05, 3.63) is 119 Å². The number of nitrogens with two attached hydrogens (primary N) is 2. The Hall–Kier alpha value is -4.23. The van der Waals surface area contributed by atoms with Crippen LogP contribution in [0.5, 0.6) is 0 Å². The topological polar surface area (TPSA) is 120 Å². The highest BCUT2D eigenvalue weighted by molar-refractivity contribution is 7.91. The SMILES string of the molecule is Nc1cccc(C(=O)c2ccc(S(=O)(=O)c3ccc(C(=O)c4cccc(N)c4)cc3)cc2)c1. The van der Waals surface area contributed by atoms with E-state index in [2.05, 4.69) is 0 Å². The largest absolute Gasteiger partial charge is 0.399 e. The van der Waals surface area contributed by atoms with E-state index in [-0.39, 0.29) is 21.4 Å². The van der Waals surface area contributed by atoms with Gasteiger partial charge in [0, 0.05) is 33.6 Å². The number of hydrogen-bond donors (Lipinski definition) is 2. The second kappa shape index (κ2) is 8.72. The first-order chi connectivity index (χ1) is 15.8. The zero-order chi connectivity index (χ0) is 23.6.